The summed E-state index contributed by atoms with van der Waals surface area (Å²) >= 11 is 0. The SMILES string of the molecule is CC(C)CONC(C)CCc1ccc(OC(F)F)cc1. The molecule has 1 unspecified atom stereocenters. The number of hydrogen-bond acceptors (Lipinski definition) is 3. The van der Waals surface area contributed by atoms with Gasteiger partial charge in [0.15, 0.2) is 0 Å². The van der Waals surface area contributed by atoms with Gasteiger partial charge in [0.1, 0.15) is 5.75 Å². The fourth-order valence-corrected chi connectivity index (χ4v) is 1.64. The van der Waals surface area contributed by atoms with Crippen molar-refractivity contribution in [3.8, 4) is 5.75 Å². The average Bonchev–Trinajstić information content (AvgIpc) is 2.37. The van der Waals surface area contributed by atoms with E-state index in [1.54, 1.807) is 24.3 Å². The maximum Gasteiger partial charge on any atom is 0.387 e. The van der Waals surface area contributed by atoms with Gasteiger partial charge in [-0.25, -0.2) is 0 Å². The fraction of sp³-hybridized carbons (Fsp3) is 0.600. The Morgan fingerprint density at radius 1 is 1.10 bits per heavy atom. The van der Waals surface area contributed by atoms with Gasteiger partial charge in [-0.1, -0.05) is 26.0 Å². The van der Waals surface area contributed by atoms with Crippen LogP contribution in [0.15, 0.2) is 24.3 Å². The number of halogens is 2. The van der Waals surface area contributed by atoms with E-state index in [1.807, 2.05) is 0 Å². The van der Waals surface area contributed by atoms with Crippen molar-refractivity contribution in [3.63, 3.8) is 0 Å². The number of rotatable bonds is 9. The number of aryl methyl sites for hydroxylation is 1. The fourth-order valence-electron chi connectivity index (χ4n) is 1.64. The highest BCUT2D eigenvalue weighted by atomic mass is 19.3. The molecule has 1 aromatic rings. The van der Waals surface area contributed by atoms with E-state index in [-0.39, 0.29) is 11.8 Å². The molecule has 0 radical (unpaired) electrons. The molecule has 0 aliphatic heterocycles. The zero-order valence-corrected chi connectivity index (χ0v) is 12.2. The first-order chi connectivity index (χ1) is 9.47. The molecule has 20 heavy (non-hydrogen) atoms. The lowest BCUT2D eigenvalue weighted by molar-refractivity contribution is -0.0498. The summed E-state index contributed by atoms with van der Waals surface area (Å²) < 4.78 is 28.3. The van der Waals surface area contributed by atoms with Gasteiger partial charge in [-0.05, 0) is 43.4 Å². The monoisotopic (exact) mass is 287 g/mol. The maximum atomic E-state index is 12.0. The quantitative estimate of drug-likeness (QED) is 0.701. The van der Waals surface area contributed by atoms with Gasteiger partial charge in [-0.15, -0.1) is 0 Å². The zero-order chi connectivity index (χ0) is 15.0. The number of benzene rings is 1. The van der Waals surface area contributed by atoms with Gasteiger partial charge in [0.05, 0.1) is 6.61 Å². The normalized spacial score (nSPS) is 12.9. The minimum Gasteiger partial charge on any atom is -0.435 e. The Balaban J connectivity index is 2.27. The van der Waals surface area contributed by atoms with Crippen LogP contribution in [0.5, 0.6) is 5.75 Å². The molecule has 0 spiro atoms. The molecule has 0 saturated carbocycles. The van der Waals surface area contributed by atoms with Crippen molar-refractivity contribution in [1.82, 2.24) is 5.48 Å². The summed E-state index contributed by atoms with van der Waals surface area (Å²) in [4.78, 5) is 5.35. The Bertz CT molecular complexity index is 369. The zero-order valence-electron chi connectivity index (χ0n) is 12.2. The minimum atomic E-state index is -2.77. The summed E-state index contributed by atoms with van der Waals surface area (Å²) in [6, 6.07) is 6.98. The lowest BCUT2D eigenvalue weighted by Gasteiger charge is -2.15. The first-order valence-corrected chi connectivity index (χ1v) is 6.88. The molecular weight excluding hydrogens is 264 g/mol. The number of hydroxylamine groups is 1. The summed E-state index contributed by atoms with van der Waals surface area (Å²) in [6.07, 6.45) is 1.77. The summed E-state index contributed by atoms with van der Waals surface area (Å²) in [5, 5.41) is 0. The molecule has 0 aromatic heterocycles. The number of alkyl halides is 2. The first-order valence-electron chi connectivity index (χ1n) is 6.88. The van der Waals surface area contributed by atoms with Gasteiger partial charge < -0.3 is 9.57 Å². The van der Waals surface area contributed by atoms with Gasteiger partial charge in [-0.2, -0.15) is 14.3 Å². The van der Waals surface area contributed by atoms with Crippen LogP contribution in [-0.2, 0) is 11.3 Å². The Labute approximate surface area is 119 Å². The van der Waals surface area contributed by atoms with E-state index in [4.69, 9.17) is 4.84 Å². The molecule has 5 heteroatoms. The Morgan fingerprint density at radius 3 is 2.30 bits per heavy atom. The molecule has 1 rings (SSSR count). The minimum absolute atomic E-state index is 0.190. The molecule has 3 nitrogen and oxygen atoms in total. The molecule has 0 fully saturated rings. The smallest absolute Gasteiger partial charge is 0.387 e. The highest BCUT2D eigenvalue weighted by Crippen LogP contribution is 2.16. The van der Waals surface area contributed by atoms with Gasteiger partial charge in [0, 0.05) is 6.04 Å². The topological polar surface area (TPSA) is 30.5 Å². The van der Waals surface area contributed by atoms with Gasteiger partial charge in [-0.3, -0.25) is 0 Å². The second-order valence-corrected chi connectivity index (χ2v) is 5.28. The second-order valence-electron chi connectivity index (χ2n) is 5.28. The van der Waals surface area contributed by atoms with Crippen LogP contribution in [0.1, 0.15) is 32.8 Å². The van der Waals surface area contributed by atoms with E-state index in [2.05, 4.69) is 31.0 Å². The maximum absolute atomic E-state index is 12.0. The van der Waals surface area contributed by atoms with Crippen LogP contribution in [0, 0.1) is 5.92 Å². The van der Waals surface area contributed by atoms with Gasteiger partial charge >= 0.3 is 6.61 Å². The van der Waals surface area contributed by atoms with Crippen molar-refractivity contribution in [2.45, 2.75) is 46.3 Å². The third kappa shape index (κ3) is 7.40. The van der Waals surface area contributed by atoms with E-state index < -0.39 is 6.61 Å². The molecule has 0 saturated heterocycles. The van der Waals surface area contributed by atoms with Crippen molar-refractivity contribution in [2.75, 3.05) is 6.61 Å². The van der Waals surface area contributed by atoms with Crippen molar-refractivity contribution in [3.05, 3.63) is 29.8 Å². The average molecular weight is 287 g/mol. The standard InChI is InChI=1S/C15H23F2NO2/c1-11(2)10-19-18-12(3)4-5-13-6-8-14(9-7-13)20-15(16)17/h6-9,11-12,15,18H,4-5,10H2,1-3H3. The number of nitrogens with one attached hydrogen (secondary N) is 1. The Kier molecular flexibility index (Phi) is 7.47. The van der Waals surface area contributed by atoms with E-state index in [0.29, 0.717) is 12.5 Å². The predicted octanol–water partition coefficient (Wildman–Crippen LogP) is 3.79. The van der Waals surface area contributed by atoms with Crippen LogP contribution in [0.2, 0.25) is 0 Å². The summed E-state index contributed by atoms with van der Waals surface area (Å²) in [5.74, 6) is 0.687. The van der Waals surface area contributed by atoms with Crippen molar-refractivity contribution < 1.29 is 18.4 Å². The Morgan fingerprint density at radius 2 is 1.75 bits per heavy atom. The first kappa shape index (κ1) is 16.9. The summed E-state index contributed by atoms with van der Waals surface area (Å²) in [6.45, 7) is 4.15. The third-order valence-corrected chi connectivity index (χ3v) is 2.72. The van der Waals surface area contributed by atoms with E-state index in [0.717, 1.165) is 18.4 Å². The molecule has 1 N–H and O–H groups in total. The highest BCUT2D eigenvalue weighted by Gasteiger charge is 2.05. The molecule has 114 valence electrons. The van der Waals surface area contributed by atoms with E-state index in [9.17, 15) is 8.78 Å². The number of hydrogen-bond donors (Lipinski definition) is 1. The number of ether oxygens (including phenoxy) is 1. The lowest BCUT2D eigenvalue weighted by Crippen LogP contribution is -2.28. The van der Waals surface area contributed by atoms with Crippen LogP contribution < -0.4 is 10.2 Å². The summed E-state index contributed by atoms with van der Waals surface area (Å²) in [7, 11) is 0. The van der Waals surface area contributed by atoms with Crippen molar-refractivity contribution >= 4 is 0 Å². The highest BCUT2D eigenvalue weighted by molar-refractivity contribution is 5.27. The van der Waals surface area contributed by atoms with Crippen LogP contribution in [0.4, 0.5) is 8.78 Å². The molecule has 0 bridgehead atoms. The molecule has 1 atom stereocenters. The summed E-state index contributed by atoms with van der Waals surface area (Å²) in [5.41, 5.74) is 4.08. The predicted molar refractivity (Wildman–Crippen MR) is 74.8 cm³/mol. The van der Waals surface area contributed by atoms with Crippen LogP contribution in [0.3, 0.4) is 0 Å². The van der Waals surface area contributed by atoms with Gasteiger partial charge in [0.25, 0.3) is 0 Å². The van der Waals surface area contributed by atoms with E-state index >= 15 is 0 Å². The van der Waals surface area contributed by atoms with Crippen molar-refractivity contribution in [2.24, 2.45) is 5.92 Å². The third-order valence-electron chi connectivity index (χ3n) is 2.72. The van der Waals surface area contributed by atoms with E-state index in [1.165, 1.54) is 0 Å². The van der Waals surface area contributed by atoms with Crippen LogP contribution in [-0.4, -0.2) is 19.3 Å². The molecule has 0 aliphatic carbocycles. The largest absolute Gasteiger partial charge is 0.435 e. The lowest BCUT2D eigenvalue weighted by atomic mass is 10.1. The van der Waals surface area contributed by atoms with Crippen LogP contribution >= 0.6 is 0 Å². The molecule has 0 heterocycles. The van der Waals surface area contributed by atoms with Crippen molar-refractivity contribution in [1.29, 1.82) is 0 Å². The van der Waals surface area contributed by atoms with Crippen LogP contribution in [0.25, 0.3) is 0 Å². The molecule has 0 amide bonds. The molecular formula is C15H23F2NO2. The molecule has 1 aromatic carbocycles. The Hall–Kier alpha value is -1.20. The van der Waals surface area contributed by atoms with Gasteiger partial charge in [0.2, 0.25) is 0 Å². The second kappa shape index (κ2) is 8.87. The molecule has 0 aliphatic rings.